The number of nitrogens with zero attached hydrogens (tertiary/aromatic N) is 2. The molecule has 0 saturated carbocycles. The van der Waals surface area contributed by atoms with Crippen molar-refractivity contribution in [2.75, 3.05) is 24.3 Å². The van der Waals surface area contributed by atoms with Gasteiger partial charge in [0.1, 0.15) is 5.25 Å². The Hall–Kier alpha value is -1.25. The van der Waals surface area contributed by atoms with Crippen molar-refractivity contribution in [1.82, 2.24) is 9.47 Å². The van der Waals surface area contributed by atoms with Gasteiger partial charge in [0.2, 0.25) is 5.91 Å². The number of fused-ring (bicyclic) bond motifs is 4. The molecule has 1 aliphatic carbocycles. The number of hydrogen-bond donors (Lipinski definition) is 0. The van der Waals surface area contributed by atoms with Crippen molar-refractivity contribution in [2.45, 2.75) is 38.5 Å². The van der Waals surface area contributed by atoms with Crippen LogP contribution in [0.5, 0.6) is 0 Å². The predicted molar refractivity (Wildman–Crippen MR) is 130 cm³/mol. The van der Waals surface area contributed by atoms with E-state index in [1.807, 2.05) is 4.90 Å². The topological polar surface area (TPSA) is 34.5 Å². The number of rotatable bonds is 7. The van der Waals surface area contributed by atoms with Gasteiger partial charge in [-0.1, -0.05) is 52.9 Å². The van der Waals surface area contributed by atoms with Crippen LogP contribution in [0.4, 0.5) is 0 Å². The number of thioether (sulfide) groups is 1. The lowest BCUT2D eigenvalue weighted by molar-refractivity contribution is -0.130. The number of amides is 1. The largest absolute Gasteiger partial charge is 0.369 e. The molecule has 29 heavy (non-hydrogen) atoms. The number of ether oxygens (including phenoxy) is 1. The first-order valence-corrected chi connectivity index (χ1v) is 12.7. The van der Waals surface area contributed by atoms with E-state index in [2.05, 4.69) is 77.4 Å². The summed E-state index contributed by atoms with van der Waals surface area (Å²) in [6.07, 6.45) is 6.59. The summed E-state index contributed by atoms with van der Waals surface area (Å²) in [7, 11) is 0. The molecule has 154 valence electrons. The molecule has 1 aliphatic heterocycles. The first-order valence-electron chi connectivity index (χ1n) is 10.3. The van der Waals surface area contributed by atoms with Crippen LogP contribution in [0.3, 0.4) is 0 Å². The summed E-state index contributed by atoms with van der Waals surface area (Å²) in [4.78, 5) is 16.9. The van der Waals surface area contributed by atoms with E-state index in [1.165, 1.54) is 32.6 Å². The van der Waals surface area contributed by atoms with E-state index in [0.717, 1.165) is 32.5 Å². The van der Waals surface area contributed by atoms with Gasteiger partial charge in [0.25, 0.3) is 0 Å². The Morgan fingerprint density at radius 1 is 1.31 bits per heavy atom. The summed E-state index contributed by atoms with van der Waals surface area (Å²) >= 11 is 4.01. The molecule has 0 radical (unpaired) electrons. The zero-order valence-corrected chi connectivity index (χ0v) is 20.0. The van der Waals surface area contributed by atoms with Crippen molar-refractivity contribution in [2.24, 2.45) is 0 Å². The lowest BCUT2D eigenvalue weighted by Crippen LogP contribution is -2.35. The molecule has 0 saturated heterocycles. The molecule has 1 aromatic carbocycles. The molecule has 1 unspecified atom stereocenters. The fraction of sp³-hybridized carbons (Fsp3) is 0.435. The van der Waals surface area contributed by atoms with E-state index >= 15 is 0 Å². The zero-order valence-electron chi connectivity index (χ0n) is 17.0. The van der Waals surface area contributed by atoms with Crippen LogP contribution < -0.4 is 0 Å². The maximum atomic E-state index is 13.5. The van der Waals surface area contributed by atoms with Gasteiger partial charge in [-0.2, -0.15) is 0 Å². The summed E-state index contributed by atoms with van der Waals surface area (Å²) in [5.74, 6) is 0.230. The summed E-state index contributed by atoms with van der Waals surface area (Å²) in [5, 5.41) is 1.02. The van der Waals surface area contributed by atoms with Crippen molar-refractivity contribution in [3.05, 3.63) is 52.6 Å². The molecule has 1 atom stereocenters. The van der Waals surface area contributed by atoms with Crippen LogP contribution >= 0.6 is 34.4 Å². The van der Waals surface area contributed by atoms with Crippen LogP contribution in [0.2, 0.25) is 0 Å². The second kappa shape index (κ2) is 9.27. The molecule has 0 fully saturated rings. The van der Waals surface area contributed by atoms with Gasteiger partial charge < -0.3 is 14.2 Å². The van der Waals surface area contributed by atoms with E-state index in [9.17, 15) is 4.79 Å². The third-order valence-electron chi connectivity index (χ3n) is 5.75. The zero-order chi connectivity index (χ0) is 20.4. The predicted octanol–water partition coefficient (Wildman–Crippen LogP) is 5.77. The van der Waals surface area contributed by atoms with Gasteiger partial charge in [0.05, 0.1) is 16.9 Å². The Labute approximate surface area is 190 Å². The third-order valence-corrected chi connectivity index (χ3v) is 7.57. The highest BCUT2D eigenvalue weighted by molar-refractivity contribution is 14.1. The van der Waals surface area contributed by atoms with Crippen LogP contribution in [-0.4, -0.2) is 39.7 Å². The van der Waals surface area contributed by atoms with E-state index in [1.54, 1.807) is 11.8 Å². The molecule has 6 heteroatoms. The number of likely N-dealkylation sites (N-methyl/N-ethyl adjacent to an activating group) is 1. The quantitative estimate of drug-likeness (QED) is 0.263. The maximum absolute atomic E-state index is 13.5. The Bertz CT molecular complexity index is 975. The van der Waals surface area contributed by atoms with Crippen LogP contribution in [0, 0.1) is 0 Å². The minimum Gasteiger partial charge on any atom is -0.369 e. The molecule has 2 aliphatic rings. The summed E-state index contributed by atoms with van der Waals surface area (Å²) in [5.41, 5.74) is 4.89. The smallest absolute Gasteiger partial charge is 0.240 e. The van der Waals surface area contributed by atoms with Crippen molar-refractivity contribution in [1.29, 1.82) is 0 Å². The van der Waals surface area contributed by atoms with Gasteiger partial charge in [-0.05, 0) is 37.7 Å². The van der Waals surface area contributed by atoms with Crippen LogP contribution in [-0.2, 0) is 16.1 Å². The first kappa shape index (κ1) is 21.0. The first-order chi connectivity index (χ1) is 14.2. The van der Waals surface area contributed by atoms with E-state index in [0.29, 0.717) is 11.2 Å². The molecule has 0 spiro atoms. The number of aromatic nitrogens is 1. The molecular weight excluding hydrogens is 495 g/mol. The summed E-state index contributed by atoms with van der Waals surface area (Å²) in [6.45, 7) is 7.08. The summed E-state index contributed by atoms with van der Waals surface area (Å²) in [6, 6.07) is 8.52. The van der Waals surface area contributed by atoms with Crippen molar-refractivity contribution in [3.8, 4) is 0 Å². The molecule has 4 nitrogen and oxygen atoms in total. The third kappa shape index (κ3) is 3.79. The lowest BCUT2D eigenvalue weighted by atomic mass is 9.96. The number of para-hydroxylation sites is 1. The Morgan fingerprint density at radius 3 is 2.86 bits per heavy atom. The van der Waals surface area contributed by atoms with Gasteiger partial charge >= 0.3 is 0 Å². The molecule has 1 aromatic heterocycles. The number of benzene rings is 1. The van der Waals surface area contributed by atoms with Gasteiger partial charge in [0, 0.05) is 41.7 Å². The highest BCUT2D eigenvalue weighted by atomic mass is 127. The maximum Gasteiger partial charge on any atom is 0.240 e. The molecule has 0 N–H and O–H groups in total. The van der Waals surface area contributed by atoms with E-state index < -0.39 is 0 Å². The monoisotopic (exact) mass is 522 g/mol. The number of carbonyl (C=O) groups excluding carboxylic acids is 1. The van der Waals surface area contributed by atoms with Crippen LogP contribution in [0.1, 0.15) is 43.2 Å². The Morgan fingerprint density at radius 2 is 2.10 bits per heavy atom. The average molecular weight is 522 g/mol. The normalized spacial score (nSPS) is 18.1. The number of hydrogen-bond acceptors (Lipinski definition) is 3. The SMILES string of the molecule is CCN(CC)C(=O)C1SC2=C(C=CCC2)c2c1c1ccccc1n2CCOCI. The van der Waals surface area contributed by atoms with Gasteiger partial charge in [-0.15, -0.1) is 11.8 Å². The molecule has 1 amide bonds. The lowest BCUT2D eigenvalue weighted by Gasteiger charge is -2.31. The van der Waals surface area contributed by atoms with Crippen molar-refractivity contribution >= 4 is 56.7 Å². The minimum atomic E-state index is -0.174. The fourth-order valence-corrected chi connectivity index (χ4v) is 6.11. The van der Waals surface area contributed by atoms with Crippen molar-refractivity contribution in [3.63, 3.8) is 0 Å². The average Bonchev–Trinajstić information content (AvgIpc) is 3.09. The van der Waals surface area contributed by atoms with Crippen molar-refractivity contribution < 1.29 is 9.53 Å². The second-order valence-corrected chi connectivity index (χ2v) is 9.06. The van der Waals surface area contributed by atoms with Crippen LogP contribution in [0.15, 0.2) is 41.3 Å². The van der Waals surface area contributed by atoms with E-state index in [4.69, 9.17) is 4.74 Å². The molecular formula is C23H27IN2O2S. The Kier molecular flexibility index (Phi) is 6.71. The molecule has 2 aromatic rings. The minimum absolute atomic E-state index is 0.174. The Balaban J connectivity index is 1.92. The van der Waals surface area contributed by atoms with Gasteiger partial charge in [-0.25, -0.2) is 0 Å². The number of halogens is 1. The number of allylic oxidation sites excluding steroid dienone is 4. The number of carbonyl (C=O) groups is 1. The van der Waals surface area contributed by atoms with Crippen LogP contribution in [0.25, 0.3) is 16.5 Å². The highest BCUT2D eigenvalue weighted by Gasteiger charge is 2.38. The highest BCUT2D eigenvalue weighted by Crippen LogP contribution is 2.53. The standard InChI is InChI=1S/C23H27IN2O2S/c1-3-25(4-2)23(27)22-20-16-9-5-7-11-18(16)26(13-14-28-15-24)21(20)17-10-6-8-12-19(17)29-22/h5-7,9-11,22H,3-4,8,12-15H2,1-2H3. The van der Waals surface area contributed by atoms with Gasteiger partial charge in [-0.3, -0.25) is 4.79 Å². The molecule has 0 bridgehead atoms. The fourth-order valence-electron chi connectivity index (χ4n) is 4.38. The van der Waals surface area contributed by atoms with E-state index in [-0.39, 0.29) is 11.2 Å². The molecule has 4 rings (SSSR count). The number of alkyl halides is 1. The summed E-state index contributed by atoms with van der Waals surface area (Å²) < 4.78 is 8.75. The van der Waals surface area contributed by atoms with Gasteiger partial charge in [0.15, 0.2) is 0 Å². The molecule has 2 heterocycles. The second-order valence-electron chi connectivity index (χ2n) is 7.23.